The number of amides is 2. The second kappa shape index (κ2) is 8.77. The van der Waals surface area contributed by atoms with Crippen LogP contribution in [0.5, 0.6) is 0 Å². The average molecular weight is 422 g/mol. The minimum atomic E-state index is -4.27. The molecule has 1 aromatic rings. The van der Waals surface area contributed by atoms with Gasteiger partial charge in [-0.05, 0) is 0 Å². The lowest BCUT2D eigenvalue weighted by Gasteiger charge is -2.16. The van der Waals surface area contributed by atoms with Crippen LogP contribution in [0.3, 0.4) is 0 Å². The number of H-pyrrole nitrogens is 1. The van der Waals surface area contributed by atoms with Crippen LogP contribution in [0.1, 0.15) is 6.23 Å². The smallest absolute Gasteiger partial charge is 0.330 e. The highest BCUT2D eigenvalue weighted by molar-refractivity contribution is 7.51. The van der Waals surface area contributed by atoms with E-state index in [9.17, 15) is 34.0 Å². The summed E-state index contributed by atoms with van der Waals surface area (Å²) in [6, 6.07) is 0.985. The van der Waals surface area contributed by atoms with Crippen molar-refractivity contribution in [2.45, 2.75) is 24.5 Å². The topological polar surface area (TPSA) is 220 Å². The van der Waals surface area contributed by atoms with Crippen molar-refractivity contribution >= 4 is 19.4 Å². The fourth-order valence-electron chi connectivity index (χ4n) is 2.41. The number of rotatable bonds is 7. The van der Waals surface area contributed by atoms with Crippen LogP contribution < -0.4 is 21.9 Å². The second-order valence-corrected chi connectivity index (χ2v) is 7.68. The Kier molecular flexibility index (Phi) is 6.87. The van der Waals surface area contributed by atoms with Gasteiger partial charge in [0.1, 0.15) is 12.2 Å². The van der Waals surface area contributed by atoms with Crippen LogP contribution in [0.15, 0.2) is 21.9 Å². The van der Waals surface area contributed by atoms with Gasteiger partial charge in [0, 0.05) is 18.8 Å². The molecular weight excluding hydrogens is 403 g/mol. The van der Waals surface area contributed by atoms with Crippen molar-refractivity contribution in [3.8, 4) is 0 Å². The molecule has 0 spiro atoms. The van der Waals surface area contributed by atoms with Gasteiger partial charge in [-0.1, -0.05) is 0 Å². The summed E-state index contributed by atoms with van der Waals surface area (Å²) in [6.07, 6.45) is -6.00. The summed E-state index contributed by atoms with van der Waals surface area (Å²) in [7, 11) is -4.27. The molecule has 7 N–H and O–H groups in total. The Hall–Kier alpha value is -2.35. The predicted octanol–water partition coefficient (Wildman–Crippen LogP) is -4.43. The van der Waals surface area contributed by atoms with Crippen molar-refractivity contribution in [2.75, 3.05) is 19.3 Å². The summed E-state index contributed by atoms with van der Waals surface area (Å²) >= 11 is 0. The van der Waals surface area contributed by atoms with E-state index in [4.69, 9.17) is 14.5 Å². The zero-order valence-corrected chi connectivity index (χ0v) is 15.1. The molecule has 1 aliphatic heterocycles. The van der Waals surface area contributed by atoms with Gasteiger partial charge >= 0.3 is 13.3 Å². The first kappa shape index (κ1) is 21.9. The van der Waals surface area contributed by atoms with Crippen molar-refractivity contribution in [2.24, 2.45) is 0 Å². The molecule has 0 saturated carbocycles. The molecule has 0 radical (unpaired) electrons. The number of ether oxygens (including phenoxy) is 1. The maximum Gasteiger partial charge on any atom is 0.330 e. The van der Waals surface area contributed by atoms with Gasteiger partial charge in [-0.3, -0.25) is 28.5 Å². The lowest BCUT2D eigenvalue weighted by molar-refractivity contribution is -0.139. The highest BCUT2D eigenvalue weighted by atomic mass is 31.2. The van der Waals surface area contributed by atoms with Crippen LogP contribution in [0, 0.1) is 0 Å². The highest BCUT2D eigenvalue weighted by Gasteiger charge is 2.47. The van der Waals surface area contributed by atoms with Crippen molar-refractivity contribution in [1.82, 2.24) is 20.2 Å². The molecule has 1 aliphatic rings. The zero-order valence-electron chi connectivity index (χ0n) is 14.2. The number of carbonyl (C=O) groups is 2. The predicted molar refractivity (Wildman–Crippen MR) is 90.2 cm³/mol. The summed E-state index contributed by atoms with van der Waals surface area (Å²) in [5.74, 6) is -1.71. The molecule has 1 aromatic heterocycles. The summed E-state index contributed by atoms with van der Waals surface area (Å²) < 4.78 is 16.7. The molecule has 2 heterocycles. The van der Waals surface area contributed by atoms with E-state index < -0.39 is 67.9 Å². The van der Waals surface area contributed by atoms with Crippen molar-refractivity contribution in [1.29, 1.82) is 0 Å². The molecule has 0 aliphatic carbocycles. The van der Waals surface area contributed by atoms with Gasteiger partial charge in [0.25, 0.3) is 11.5 Å². The summed E-state index contributed by atoms with van der Waals surface area (Å²) in [4.78, 5) is 65.8. The first-order valence-electron chi connectivity index (χ1n) is 7.91. The van der Waals surface area contributed by atoms with Crippen LogP contribution in [-0.2, 0) is 18.9 Å². The summed E-state index contributed by atoms with van der Waals surface area (Å²) in [6.45, 7) is -0.886. The Morgan fingerprint density at radius 1 is 1.21 bits per heavy atom. The van der Waals surface area contributed by atoms with Gasteiger partial charge in [0.15, 0.2) is 12.3 Å². The van der Waals surface area contributed by atoms with E-state index in [-0.39, 0.29) is 6.54 Å². The molecule has 14 nitrogen and oxygen atoms in total. The fourth-order valence-corrected chi connectivity index (χ4v) is 2.81. The van der Waals surface area contributed by atoms with E-state index in [2.05, 4.69) is 10.6 Å². The van der Waals surface area contributed by atoms with Gasteiger partial charge in [-0.25, -0.2) is 4.79 Å². The Morgan fingerprint density at radius 2 is 1.89 bits per heavy atom. The Balaban J connectivity index is 1.93. The van der Waals surface area contributed by atoms with Gasteiger partial charge < -0.3 is 35.4 Å². The number of aliphatic hydroxyl groups excluding tert-OH is 2. The standard InChI is InChI=1S/C13H19N4O10P/c18-6-1-3-17(13(23)16-6)12-9(21)8(20)10(27-12)11(22)15-5-7(19)14-2-4-28(24,25)26/h1,3,8-10,12,20-21H,2,4-5H2,(H,14,19)(H,15,22)(H,16,18,23)(H2,24,25,26)/t8-,9-,10-,12+/m0/s1. The molecule has 1 saturated heterocycles. The molecule has 0 unspecified atom stereocenters. The van der Waals surface area contributed by atoms with Crippen LogP contribution >= 0.6 is 7.60 Å². The third kappa shape index (κ3) is 5.58. The highest BCUT2D eigenvalue weighted by Crippen LogP contribution is 2.32. The van der Waals surface area contributed by atoms with E-state index in [0.29, 0.717) is 0 Å². The van der Waals surface area contributed by atoms with Crippen LogP contribution in [0.2, 0.25) is 0 Å². The molecule has 4 atom stereocenters. The van der Waals surface area contributed by atoms with Gasteiger partial charge in [-0.15, -0.1) is 0 Å². The van der Waals surface area contributed by atoms with E-state index in [1.54, 1.807) is 0 Å². The number of aromatic amines is 1. The molecular formula is C13H19N4O10P. The number of aliphatic hydroxyl groups is 2. The molecule has 0 aromatic carbocycles. The monoisotopic (exact) mass is 422 g/mol. The lowest BCUT2D eigenvalue weighted by atomic mass is 10.1. The minimum Gasteiger partial charge on any atom is -0.387 e. The number of carbonyl (C=O) groups excluding carboxylic acids is 2. The Labute approximate surface area is 156 Å². The quantitative estimate of drug-likeness (QED) is 0.209. The summed E-state index contributed by atoms with van der Waals surface area (Å²) in [5, 5.41) is 24.3. The average Bonchev–Trinajstić information content (AvgIpc) is 2.87. The molecule has 2 amide bonds. The maximum absolute atomic E-state index is 12.1. The third-order valence-corrected chi connectivity index (χ3v) is 4.58. The van der Waals surface area contributed by atoms with Gasteiger partial charge in [0.05, 0.1) is 12.7 Å². The first-order valence-corrected chi connectivity index (χ1v) is 9.71. The second-order valence-electron chi connectivity index (χ2n) is 5.90. The number of hydrogen-bond donors (Lipinski definition) is 7. The number of hydrogen-bond acceptors (Lipinski definition) is 8. The Bertz CT molecular complexity index is 892. The lowest BCUT2D eigenvalue weighted by Crippen LogP contribution is -2.46. The van der Waals surface area contributed by atoms with Crippen molar-refractivity contribution < 1.29 is 38.9 Å². The SMILES string of the molecule is O=C(CNC(=O)[C@H]1O[C@@H](n2ccc(=O)[nH]c2=O)[C@@H](O)[C@@H]1O)NCCP(=O)(O)O. The molecule has 0 bridgehead atoms. The van der Waals surface area contributed by atoms with E-state index >= 15 is 0 Å². The molecule has 1 fully saturated rings. The molecule has 156 valence electrons. The number of nitrogens with one attached hydrogen (secondary N) is 3. The summed E-state index contributed by atoms with van der Waals surface area (Å²) in [5.41, 5.74) is -1.61. The van der Waals surface area contributed by atoms with E-state index in [0.717, 1.165) is 16.8 Å². The minimum absolute atomic E-state index is 0.308. The largest absolute Gasteiger partial charge is 0.387 e. The van der Waals surface area contributed by atoms with E-state index in [1.165, 1.54) is 0 Å². The maximum atomic E-state index is 12.1. The third-order valence-electron chi connectivity index (χ3n) is 3.77. The first-order chi connectivity index (χ1) is 13.0. The van der Waals surface area contributed by atoms with Crippen LogP contribution in [0.4, 0.5) is 0 Å². The van der Waals surface area contributed by atoms with E-state index in [1.807, 2.05) is 4.98 Å². The fraction of sp³-hybridized carbons (Fsp3) is 0.538. The zero-order chi connectivity index (χ0) is 21.1. The number of aromatic nitrogens is 2. The van der Waals surface area contributed by atoms with Gasteiger partial charge in [-0.2, -0.15) is 0 Å². The normalized spacial score (nSPS) is 24.7. The van der Waals surface area contributed by atoms with Crippen LogP contribution in [-0.4, -0.2) is 78.9 Å². The van der Waals surface area contributed by atoms with Gasteiger partial charge in [0.2, 0.25) is 5.91 Å². The Morgan fingerprint density at radius 3 is 2.50 bits per heavy atom. The van der Waals surface area contributed by atoms with Crippen LogP contribution in [0.25, 0.3) is 0 Å². The molecule has 28 heavy (non-hydrogen) atoms. The van der Waals surface area contributed by atoms with Crippen molar-refractivity contribution in [3.63, 3.8) is 0 Å². The number of nitrogens with zero attached hydrogens (tertiary/aromatic N) is 1. The molecule has 15 heteroatoms. The molecule has 2 rings (SSSR count). The van der Waals surface area contributed by atoms with Crippen molar-refractivity contribution in [3.05, 3.63) is 33.1 Å².